The van der Waals surface area contributed by atoms with Gasteiger partial charge in [0.1, 0.15) is 5.75 Å². The van der Waals surface area contributed by atoms with Gasteiger partial charge in [0, 0.05) is 12.1 Å². The lowest BCUT2D eigenvalue weighted by Gasteiger charge is -2.01. The van der Waals surface area contributed by atoms with E-state index < -0.39 is 4.92 Å². The van der Waals surface area contributed by atoms with Gasteiger partial charge in [-0.3, -0.25) is 10.1 Å². The Kier molecular flexibility index (Phi) is 2.86. The maximum atomic E-state index is 10.4. The van der Waals surface area contributed by atoms with Crippen molar-refractivity contribution < 1.29 is 14.1 Å². The number of anilines is 1. The standard InChI is InChI=1S/C9H8N4O4/c10-9-12-11-8(17-9)5-16-7-3-1-6(2-4-7)13(14)15/h1-4H,5H2,(H2,10,12). The molecule has 0 amide bonds. The summed E-state index contributed by atoms with van der Waals surface area (Å²) in [7, 11) is 0. The van der Waals surface area contributed by atoms with E-state index >= 15 is 0 Å². The molecular formula is C9H8N4O4. The second-order valence-electron chi connectivity index (χ2n) is 3.07. The average Bonchev–Trinajstić information content (AvgIpc) is 2.73. The van der Waals surface area contributed by atoms with Crippen molar-refractivity contribution in [3.63, 3.8) is 0 Å². The number of non-ortho nitro benzene ring substituents is 1. The molecule has 1 aromatic heterocycles. The molecule has 0 spiro atoms. The molecule has 8 heteroatoms. The summed E-state index contributed by atoms with van der Waals surface area (Å²) in [6.45, 7) is 0.0576. The Balaban J connectivity index is 1.97. The van der Waals surface area contributed by atoms with Gasteiger partial charge >= 0.3 is 6.01 Å². The normalized spacial score (nSPS) is 10.1. The van der Waals surface area contributed by atoms with Crippen LogP contribution in [0.15, 0.2) is 28.7 Å². The van der Waals surface area contributed by atoms with Gasteiger partial charge in [0.15, 0.2) is 6.61 Å². The highest BCUT2D eigenvalue weighted by atomic mass is 16.6. The van der Waals surface area contributed by atoms with Crippen LogP contribution in [0.25, 0.3) is 0 Å². The quantitative estimate of drug-likeness (QED) is 0.624. The van der Waals surface area contributed by atoms with Crippen LogP contribution in [0.4, 0.5) is 11.7 Å². The van der Waals surface area contributed by atoms with E-state index in [9.17, 15) is 10.1 Å². The maximum absolute atomic E-state index is 10.4. The van der Waals surface area contributed by atoms with Gasteiger partial charge in [0.25, 0.3) is 11.6 Å². The smallest absolute Gasteiger partial charge is 0.312 e. The number of nitrogen functional groups attached to an aromatic ring is 1. The Morgan fingerprint density at radius 3 is 2.59 bits per heavy atom. The molecule has 0 atom stereocenters. The first-order valence-corrected chi connectivity index (χ1v) is 4.60. The van der Waals surface area contributed by atoms with E-state index in [0.29, 0.717) is 5.75 Å². The first-order valence-electron chi connectivity index (χ1n) is 4.60. The predicted molar refractivity (Wildman–Crippen MR) is 56.1 cm³/mol. The SMILES string of the molecule is Nc1nnc(COc2ccc([N+](=O)[O-])cc2)o1. The number of rotatable bonds is 4. The Hall–Kier alpha value is -2.64. The van der Waals surface area contributed by atoms with Gasteiger partial charge in [-0.15, -0.1) is 5.10 Å². The molecule has 0 aliphatic rings. The van der Waals surface area contributed by atoms with E-state index in [4.69, 9.17) is 14.9 Å². The topological polar surface area (TPSA) is 117 Å². The number of hydrogen-bond donors (Lipinski definition) is 1. The molecule has 1 heterocycles. The monoisotopic (exact) mass is 236 g/mol. The number of nitro benzene ring substituents is 1. The molecular weight excluding hydrogens is 228 g/mol. The second kappa shape index (κ2) is 4.47. The first kappa shape index (κ1) is 10.9. The summed E-state index contributed by atoms with van der Waals surface area (Å²) in [5.74, 6) is 0.702. The molecule has 0 aliphatic heterocycles. The Labute approximate surface area is 95.2 Å². The minimum absolute atomic E-state index is 0.000570. The van der Waals surface area contributed by atoms with Crippen LogP contribution in [0.3, 0.4) is 0 Å². The summed E-state index contributed by atoms with van der Waals surface area (Å²) >= 11 is 0. The molecule has 0 radical (unpaired) electrons. The fourth-order valence-corrected chi connectivity index (χ4v) is 1.13. The average molecular weight is 236 g/mol. The van der Waals surface area contributed by atoms with Crippen molar-refractivity contribution in [3.05, 3.63) is 40.3 Å². The first-order chi connectivity index (χ1) is 8.15. The van der Waals surface area contributed by atoms with E-state index in [2.05, 4.69) is 10.2 Å². The van der Waals surface area contributed by atoms with E-state index in [-0.39, 0.29) is 24.2 Å². The fraction of sp³-hybridized carbons (Fsp3) is 0.111. The molecule has 8 nitrogen and oxygen atoms in total. The summed E-state index contributed by atoms with van der Waals surface area (Å²) in [6, 6.07) is 5.62. The van der Waals surface area contributed by atoms with Crippen molar-refractivity contribution in [2.45, 2.75) is 6.61 Å². The lowest BCUT2D eigenvalue weighted by Crippen LogP contribution is -1.96. The van der Waals surface area contributed by atoms with Crippen LogP contribution in [0.2, 0.25) is 0 Å². The maximum Gasteiger partial charge on any atom is 0.312 e. The van der Waals surface area contributed by atoms with Crippen molar-refractivity contribution in [2.75, 3.05) is 5.73 Å². The van der Waals surface area contributed by atoms with Crippen LogP contribution in [0.1, 0.15) is 5.89 Å². The fourth-order valence-electron chi connectivity index (χ4n) is 1.13. The molecule has 0 unspecified atom stereocenters. The largest absolute Gasteiger partial charge is 0.484 e. The summed E-state index contributed by atoms with van der Waals surface area (Å²) < 4.78 is 10.2. The number of nitro groups is 1. The molecule has 0 saturated carbocycles. The van der Waals surface area contributed by atoms with E-state index in [1.165, 1.54) is 24.3 Å². The van der Waals surface area contributed by atoms with E-state index in [1.807, 2.05) is 0 Å². The van der Waals surface area contributed by atoms with Crippen molar-refractivity contribution in [2.24, 2.45) is 0 Å². The van der Waals surface area contributed by atoms with E-state index in [0.717, 1.165) is 0 Å². The third kappa shape index (κ3) is 2.68. The van der Waals surface area contributed by atoms with Crippen molar-refractivity contribution >= 4 is 11.7 Å². The zero-order valence-corrected chi connectivity index (χ0v) is 8.57. The lowest BCUT2D eigenvalue weighted by atomic mass is 10.3. The third-order valence-corrected chi connectivity index (χ3v) is 1.89. The summed E-state index contributed by atoms with van der Waals surface area (Å²) in [4.78, 5) is 9.93. The number of aromatic nitrogens is 2. The van der Waals surface area contributed by atoms with Crippen LogP contribution >= 0.6 is 0 Å². The highest BCUT2D eigenvalue weighted by Gasteiger charge is 2.06. The molecule has 2 aromatic rings. The van der Waals surface area contributed by atoms with Gasteiger partial charge in [-0.25, -0.2) is 0 Å². The van der Waals surface area contributed by atoms with Gasteiger partial charge in [0.05, 0.1) is 4.92 Å². The van der Waals surface area contributed by atoms with Gasteiger partial charge in [-0.1, -0.05) is 5.10 Å². The highest BCUT2D eigenvalue weighted by Crippen LogP contribution is 2.18. The molecule has 0 fully saturated rings. The van der Waals surface area contributed by atoms with Gasteiger partial charge in [-0.2, -0.15) is 0 Å². The number of nitrogens with two attached hydrogens (primary N) is 1. The Bertz CT molecular complexity index is 522. The van der Waals surface area contributed by atoms with Gasteiger partial charge in [-0.05, 0) is 12.1 Å². The van der Waals surface area contributed by atoms with Crippen LogP contribution in [-0.2, 0) is 6.61 Å². The molecule has 0 bridgehead atoms. The highest BCUT2D eigenvalue weighted by molar-refractivity contribution is 5.35. The number of hydrogen-bond acceptors (Lipinski definition) is 7. The second-order valence-corrected chi connectivity index (χ2v) is 3.07. The van der Waals surface area contributed by atoms with Gasteiger partial charge < -0.3 is 14.9 Å². The Morgan fingerprint density at radius 2 is 2.06 bits per heavy atom. The zero-order valence-electron chi connectivity index (χ0n) is 8.57. The predicted octanol–water partition coefficient (Wildman–Crippen LogP) is 1.14. The minimum atomic E-state index is -0.484. The Morgan fingerprint density at radius 1 is 1.35 bits per heavy atom. The number of nitrogens with zero attached hydrogens (tertiary/aromatic N) is 3. The summed E-state index contributed by atoms with van der Waals surface area (Å²) in [6.07, 6.45) is 0. The minimum Gasteiger partial charge on any atom is -0.484 e. The van der Waals surface area contributed by atoms with Crippen molar-refractivity contribution in [3.8, 4) is 5.75 Å². The van der Waals surface area contributed by atoms with Crippen molar-refractivity contribution in [1.29, 1.82) is 0 Å². The molecule has 2 rings (SSSR count). The van der Waals surface area contributed by atoms with Crippen LogP contribution in [-0.4, -0.2) is 15.1 Å². The number of benzene rings is 1. The molecule has 2 N–H and O–H groups in total. The number of ether oxygens (including phenoxy) is 1. The molecule has 0 saturated heterocycles. The lowest BCUT2D eigenvalue weighted by molar-refractivity contribution is -0.384. The van der Waals surface area contributed by atoms with Gasteiger partial charge in [0.2, 0.25) is 0 Å². The van der Waals surface area contributed by atoms with E-state index in [1.54, 1.807) is 0 Å². The summed E-state index contributed by atoms with van der Waals surface area (Å²) in [5, 5.41) is 17.5. The third-order valence-electron chi connectivity index (χ3n) is 1.89. The molecule has 0 aliphatic carbocycles. The van der Waals surface area contributed by atoms with Crippen LogP contribution in [0, 0.1) is 10.1 Å². The molecule has 1 aromatic carbocycles. The van der Waals surface area contributed by atoms with Crippen molar-refractivity contribution in [1.82, 2.24) is 10.2 Å². The molecule has 88 valence electrons. The van der Waals surface area contributed by atoms with Crippen LogP contribution < -0.4 is 10.5 Å². The van der Waals surface area contributed by atoms with Crippen LogP contribution in [0.5, 0.6) is 5.75 Å². The molecule has 17 heavy (non-hydrogen) atoms. The zero-order chi connectivity index (χ0) is 12.3. The summed E-state index contributed by atoms with van der Waals surface area (Å²) in [5.41, 5.74) is 5.23.